The number of hydrogen-bond donors (Lipinski definition) is 0. The predicted molar refractivity (Wildman–Crippen MR) is 95.9 cm³/mol. The second kappa shape index (κ2) is 6.43. The molecule has 0 saturated carbocycles. The summed E-state index contributed by atoms with van der Waals surface area (Å²) in [5.74, 6) is 1.32. The molecule has 0 amide bonds. The highest BCUT2D eigenvalue weighted by Crippen LogP contribution is 2.41. The number of hydrogen-bond acceptors (Lipinski definition) is 5. The highest BCUT2D eigenvalue weighted by molar-refractivity contribution is 7.23. The van der Waals surface area contributed by atoms with E-state index in [9.17, 15) is 0 Å². The maximum Gasteiger partial charge on any atom is 0.259 e. The molecule has 0 saturated heterocycles. The molecule has 4 nitrogen and oxygen atoms in total. The van der Waals surface area contributed by atoms with Crippen LogP contribution in [0.4, 0.5) is 0 Å². The zero-order valence-electron chi connectivity index (χ0n) is 12.2. The number of aromatic nitrogens is 2. The summed E-state index contributed by atoms with van der Waals surface area (Å²) in [6, 6.07) is 15.1. The predicted octanol–water partition coefficient (Wildman–Crippen LogP) is 5.84. The number of ether oxygens (including phenoxy) is 1. The first-order valence-corrected chi connectivity index (χ1v) is 8.67. The van der Waals surface area contributed by atoms with Crippen molar-refractivity contribution in [1.29, 1.82) is 0 Å². The van der Waals surface area contributed by atoms with Crippen molar-refractivity contribution >= 4 is 44.6 Å². The molecule has 24 heavy (non-hydrogen) atoms. The number of benzene rings is 2. The first-order chi connectivity index (χ1) is 11.7. The fourth-order valence-electron chi connectivity index (χ4n) is 2.26. The van der Waals surface area contributed by atoms with Crippen molar-refractivity contribution in [2.75, 3.05) is 0 Å². The van der Waals surface area contributed by atoms with E-state index in [2.05, 4.69) is 10.2 Å². The van der Waals surface area contributed by atoms with Crippen molar-refractivity contribution < 1.29 is 9.15 Å². The smallest absolute Gasteiger partial charge is 0.259 e. The van der Waals surface area contributed by atoms with Gasteiger partial charge in [0.05, 0.1) is 10.0 Å². The number of para-hydroxylation sites is 1. The zero-order valence-corrected chi connectivity index (χ0v) is 14.5. The Bertz CT molecular complexity index is 1010. The van der Waals surface area contributed by atoms with Crippen molar-refractivity contribution in [3.8, 4) is 16.5 Å². The Kier molecular flexibility index (Phi) is 4.14. The van der Waals surface area contributed by atoms with Crippen molar-refractivity contribution in [3.63, 3.8) is 0 Å². The second-order valence-electron chi connectivity index (χ2n) is 4.96. The maximum absolute atomic E-state index is 6.43. The third-order valence-electron chi connectivity index (χ3n) is 3.38. The molecule has 0 aliphatic carbocycles. The molecule has 0 N–H and O–H groups in total. The minimum Gasteiger partial charge on any atom is -0.482 e. The Morgan fingerprint density at radius 2 is 1.79 bits per heavy atom. The van der Waals surface area contributed by atoms with Gasteiger partial charge in [-0.15, -0.1) is 21.5 Å². The molecule has 4 rings (SSSR count). The van der Waals surface area contributed by atoms with Crippen LogP contribution in [0.3, 0.4) is 0 Å². The SMILES string of the molecule is Clc1ccccc1OCc1nnc(-c2sc3ccccc3c2Cl)o1. The lowest BCUT2D eigenvalue weighted by atomic mass is 10.2. The van der Waals surface area contributed by atoms with Gasteiger partial charge in [0.25, 0.3) is 11.8 Å². The summed E-state index contributed by atoms with van der Waals surface area (Å²) < 4.78 is 12.4. The van der Waals surface area contributed by atoms with Crippen LogP contribution in [0.25, 0.3) is 20.9 Å². The van der Waals surface area contributed by atoms with Crippen molar-refractivity contribution in [1.82, 2.24) is 10.2 Å². The number of fused-ring (bicyclic) bond motifs is 1. The molecular weight excluding hydrogens is 367 g/mol. The lowest BCUT2D eigenvalue weighted by Crippen LogP contribution is -1.95. The Morgan fingerprint density at radius 1 is 1.00 bits per heavy atom. The molecule has 2 heterocycles. The van der Waals surface area contributed by atoms with Crippen LogP contribution in [0.1, 0.15) is 5.89 Å². The molecule has 0 aliphatic rings. The Hall–Kier alpha value is -2.08. The van der Waals surface area contributed by atoms with Crippen molar-refractivity contribution in [2.24, 2.45) is 0 Å². The molecular formula is C17H10Cl2N2O2S. The van der Waals surface area contributed by atoms with E-state index in [1.54, 1.807) is 12.1 Å². The van der Waals surface area contributed by atoms with Gasteiger partial charge >= 0.3 is 0 Å². The van der Waals surface area contributed by atoms with Crippen LogP contribution in [0.15, 0.2) is 52.9 Å². The molecule has 0 aliphatic heterocycles. The van der Waals surface area contributed by atoms with Gasteiger partial charge in [0.15, 0.2) is 6.61 Å². The van der Waals surface area contributed by atoms with E-state index in [0.29, 0.717) is 27.6 Å². The minimum absolute atomic E-state index is 0.138. The fraction of sp³-hybridized carbons (Fsp3) is 0.0588. The summed E-state index contributed by atoms with van der Waals surface area (Å²) in [4.78, 5) is 0.759. The third-order valence-corrected chi connectivity index (χ3v) is 5.36. The van der Waals surface area contributed by atoms with Crippen LogP contribution in [0.2, 0.25) is 10.0 Å². The van der Waals surface area contributed by atoms with Gasteiger partial charge in [-0.25, -0.2) is 0 Å². The van der Waals surface area contributed by atoms with Crippen LogP contribution in [0.5, 0.6) is 5.75 Å². The van der Waals surface area contributed by atoms with Crippen LogP contribution in [-0.4, -0.2) is 10.2 Å². The topological polar surface area (TPSA) is 48.2 Å². The highest BCUT2D eigenvalue weighted by atomic mass is 35.5. The summed E-state index contributed by atoms with van der Waals surface area (Å²) >= 11 is 14.0. The Labute approximate surface area is 151 Å². The molecule has 0 spiro atoms. The number of nitrogens with zero attached hydrogens (tertiary/aromatic N) is 2. The van der Waals surface area contributed by atoms with Gasteiger partial charge in [0, 0.05) is 10.1 Å². The molecule has 0 fully saturated rings. The monoisotopic (exact) mass is 376 g/mol. The minimum atomic E-state index is 0.138. The average Bonchev–Trinajstić information content (AvgIpc) is 3.19. The quantitative estimate of drug-likeness (QED) is 0.449. The van der Waals surface area contributed by atoms with E-state index in [0.717, 1.165) is 15.0 Å². The number of thiophene rings is 1. The van der Waals surface area contributed by atoms with E-state index in [1.165, 1.54) is 11.3 Å². The van der Waals surface area contributed by atoms with Gasteiger partial charge in [-0.2, -0.15) is 0 Å². The Balaban J connectivity index is 1.58. The number of rotatable bonds is 4. The molecule has 0 bridgehead atoms. The standard InChI is InChI=1S/C17H10Cl2N2O2S/c18-11-6-2-3-7-12(11)22-9-14-20-21-17(23-14)16-15(19)10-5-1-4-8-13(10)24-16/h1-8H,9H2. The van der Waals surface area contributed by atoms with Crippen molar-refractivity contribution in [3.05, 3.63) is 64.5 Å². The summed E-state index contributed by atoms with van der Waals surface area (Å²) in [6.07, 6.45) is 0. The summed E-state index contributed by atoms with van der Waals surface area (Å²) in [5.41, 5.74) is 0. The van der Waals surface area contributed by atoms with Gasteiger partial charge in [-0.1, -0.05) is 53.5 Å². The largest absolute Gasteiger partial charge is 0.482 e. The van der Waals surface area contributed by atoms with E-state index < -0.39 is 0 Å². The summed E-state index contributed by atoms with van der Waals surface area (Å²) in [7, 11) is 0. The highest BCUT2D eigenvalue weighted by Gasteiger charge is 2.17. The van der Waals surface area contributed by atoms with E-state index in [1.807, 2.05) is 36.4 Å². The van der Waals surface area contributed by atoms with Gasteiger partial charge in [-0.05, 0) is 18.2 Å². The normalized spacial score (nSPS) is 11.1. The van der Waals surface area contributed by atoms with Gasteiger partial charge in [0.2, 0.25) is 0 Å². The lowest BCUT2D eigenvalue weighted by molar-refractivity contribution is 0.265. The van der Waals surface area contributed by atoms with Crippen LogP contribution in [0, 0.1) is 0 Å². The molecule has 0 atom stereocenters. The van der Waals surface area contributed by atoms with Gasteiger partial charge < -0.3 is 9.15 Å². The van der Waals surface area contributed by atoms with Gasteiger partial charge in [-0.3, -0.25) is 0 Å². The molecule has 0 unspecified atom stereocenters. The Morgan fingerprint density at radius 3 is 2.62 bits per heavy atom. The fourth-order valence-corrected chi connectivity index (χ4v) is 3.88. The zero-order chi connectivity index (χ0) is 16.5. The lowest BCUT2D eigenvalue weighted by Gasteiger charge is -2.04. The van der Waals surface area contributed by atoms with Crippen LogP contribution < -0.4 is 4.74 Å². The first kappa shape index (κ1) is 15.4. The van der Waals surface area contributed by atoms with E-state index >= 15 is 0 Å². The average molecular weight is 377 g/mol. The van der Waals surface area contributed by atoms with Gasteiger partial charge in [0.1, 0.15) is 10.6 Å². The first-order valence-electron chi connectivity index (χ1n) is 7.09. The second-order valence-corrected chi connectivity index (χ2v) is 6.80. The molecule has 2 aromatic heterocycles. The summed E-state index contributed by atoms with van der Waals surface area (Å²) in [6.45, 7) is 0.138. The molecule has 4 aromatic rings. The van der Waals surface area contributed by atoms with Crippen LogP contribution >= 0.6 is 34.5 Å². The molecule has 2 aromatic carbocycles. The van der Waals surface area contributed by atoms with E-state index in [4.69, 9.17) is 32.4 Å². The molecule has 7 heteroatoms. The maximum atomic E-state index is 6.43. The number of halogens is 2. The van der Waals surface area contributed by atoms with E-state index in [-0.39, 0.29) is 6.61 Å². The van der Waals surface area contributed by atoms with Crippen LogP contribution in [-0.2, 0) is 6.61 Å². The third kappa shape index (κ3) is 2.86. The molecule has 0 radical (unpaired) electrons. The summed E-state index contributed by atoms with van der Waals surface area (Å²) in [5, 5.41) is 10.2. The molecule has 120 valence electrons. The van der Waals surface area contributed by atoms with Crippen molar-refractivity contribution in [2.45, 2.75) is 6.61 Å².